The molecule has 1 unspecified atom stereocenters. The number of hydrogen-bond acceptors (Lipinski definition) is 7. The number of phenolic OH excluding ortho intramolecular Hbond substituents is 1. The van der Waals surface area contributed by atoms with Crippen LogP contribution >= 0.6 is 43.5 Å². The average molecular weight is 626 g/mol. The second kappa shape index (κ2) is 12.2. The van der Waals surface area contributed by atoms with E-state index in [0.29, 0.717) is 36.6 Å². The maximum atomic E-state index is 12.9. The minimum atomic E-state index is -0.834. The molecule has 0 heterocycles. The zero-order chi connectivity index (χ0) is 25.5. The van der Waals surface area contributed by atoms with Gasteiger partial charge in [-0.15, -0.1) is 0 Å². The van der Waals surface area contributed by atoms with Crippen LogP contribution in [-0.4, -0.2) is 35.8 Å². The number of benzene rings is 3. The van der Waals surface area contributed by atoms with Crippen LogP contribution in [0.1, 0.15) is 35.3 Å². The molecule has 3 aromatic rings. The SMILES string of the molecule is CCOC(=O)C(C)O/N=C/c1cc(Br)c(Oc2ccc(O)c(C(=O)c3cccc(Cl)c3)c2)c(Br)c1. The number of aromatic hydroxyl groups is 1. The van der Waals surface area contributed by atoms with Gasteiger partial charge in [0.25, 0.3) is 0 Å². The van der Waals surface area contributed by atoms with Gasteiger partial charge in [-0.05, 0) is 93.7 Å². The van der Waals surface area contributed by atoms with E-state index >= 15 is 0 Å². The number of carbonyl (C=O) groups is 2. The molecular formula is C25H20Br2ClNO6. The highest BCUT2D eigenvalue weighted by atomic mass is 79.9. The molecule has 35 heavy (non-hydrogen) atoms. The van der Waals surface area contributed by atoms with E-state index in [-0.39, 0.29) is 17.9 Å². The number of hydrogen-bond donors (Lipinski definition) is 1. The molecule has 1 N–H and O–H groups in total. The molecule has 0 aromatic heterocycles. The van der Waals surface area contributed by atoms with Crippen LogP contribution in [0.5, 0.6) is 17.2 Å². The van der Waals surface area contributed by atoms with Gasteiger partial charge < -0.3 is 19.4 Å². The Morgan fingerprint density at radius 3 is 2.49 bits per heavy atom. The van der Waals surface area contributed by atoms with Crippen LogP contribution in [0.2, 0.25) is 5.02 Å². The maximum Gasteiger partial charge on any atom is 0.349 e. The van der Waals surface area contributed by atoms with Gasteiger partial charge in [-0.25, -0.2) is 4.79 Å². The first kappa shape index (κ1) is 26.7. The quantitative estimate of drug-likeness (QED) is 0.120. The van der Waals surface area contributed by atoms with Crippen molar-refractivity contribution in [2.45, 2.75) is 20.0 Å². The number of halogens is 3. The molecule has 3 rings (SSSR count). The fourth-order valence-electron chi connectivity index (χ4n) is 2.90. The molecule has 0 fully saturated rings. The Labute approximate surface area is 223 Å². The minimum Gasteiger partial charge on any atom is -0.507 e. The molecule has 0 aliphatic carbocycles. The van der Waals surface area contributed by atoms with Crippen LogP contribution in [0.3, 0.4) is 0 Å². The zero-order valence-electron chi connectivity index (χ0n) is 18.6. The summed E-state index contributed by atoms with van der Waals surface area (Å²) >= 11 is 12.9. The maximum absolute atomic E-state index is 12.9. The summed E-state index contributed by atoms with van der Waals surface area (Å²) in [6.45, 7) is 3.51. The van der Waals surface area contributed by atoms with Crippen molar-refractivity contribution in [2.75, 3.05) is 6.61 Å². The van der Waals surface area contributed by atoms with E-state index in [1.165, 1.54) is 24.4 Å². The van der Waals surface area contributed by atoms with Crippen molar-refractivity contribution in [2.24, 2.45) is 5.16 Å². The average Bonchev–Trinajstić information content (AvgIpc) is 2.82. The summed E-state index contributed by atoms with van der Waals surface area (Å²) in [5.41, 5.74) is 1.08. The Morgan fingerprint density at radius 2 is 1.83 bits per heavy atom. The van der Waals surface area contributed by atoms with Gasteiger partial charge in [0.1, 0.15) is 11.5 Å². The molecule has 0 aliphatic rings. The number of ether oxygens (including phenoxy) is 2. The topological polar surface area (TPSA) is 94.4 Å². The number of rotatable bonds is 9. The highest BCUT2D eigenvalue weighted by Gasteiger charge is 2.17. The summed E-state index contributed by atoms with van der Waals surface area (Å²) in [5, 5.41) is 14.5. The molecule has 10 heteroatoms. The first-order valence-corrected chi connectivity index (χ1v) is 12.3. The lowest BCUT2D eigenvalue weighted by atomic mass is 10.0. The predicted octanol–water partition coefficient (Wildman–Crippen LogP) is 6.90. The summed E-state index contributed by atoms with van der Waals surface area (Å²) in [7, 11) is 0. The first-order chi connectivity index (χ1) is 16.7. The van der Waals surface area contributed by atoms with E-state index in [0.717, 1.165) is 0 Å². The number of carbonyl (C=O) groups excluding carboxylic acids is 2. The fourth-order valence-corrected chi connectivity index (χ4v) is 4.47. The van der Waals surface area contributed by atoms with Gasteiger partial charge in [0.2, 0.25) is 6.10 Å². The third-order valence-electron chi connectivity index (χ3n) is 4.58. The summed E-state index contributed by atoms with van der Waals surface area (Å²) < 4.78 is 12.0. The number of esters is 1. The number of oxime groups is 1. The Bertz CT molecular complexity index is 1260. The molecule has 1 atom stereocenters. The predicted molar refractivity (Wildman–Crippen MR) is 140 cm³/mol. The molecule has 0 radical (unpaired) electrons. The van der Waals surface area contributed by atoms with E-state index in [9.17, 15) is 14.7 Å². The smallest absolute Gasteiger partial charge is 0.349 e. The summed E-state index contributed by atoms with van der Waals surface area (Å²) in [4.78, 5) is 29.6. The molecule has 0 saturated carbocycles. The van der Waals surface area contributed by atoms with Crippen molar-refractivity contribution in [1.82, 2.24) is 0 Å². The number of phenols is 1. The summed E-state index contributed by atoms with van der Waals surface area (Å²) in [5.74, 6) is -0.295. The Balaban J connectivity index is 1.78. The van der Waals surface area contributed by atoms with Gasteiger partial charge in [0.05, 0.1) is 27.3 Å². The molecule has 0 amide bonds. The number of nitrogens with zero attached hydrogens (tertiary/aromatic N) is 1. The van der Waals surface area contributed by atoms with E-state index in [1.807, 2.05) is 0 Å². The van der Waals surface area contributed by atoms with Crippen LogP contribution in [0, 0.1) is 0 Å². The van der Waals surface area contributed by atoms with E-state index < -0.39 is 17.9 Å². The van der Waals surface area contributed by atoms with Gasteiger partial charge in [0, 0.05) is 10.6 Å². The molecular weight excluding hydrogens is 606 g/mol. The number of ketones is 1. The van der Waals surface area contributed by atoms with Crippen molar-refractivity contribution < 1.29 is 29.0 Å². The van der Waals surface area contributed by atoms with Crippen LogP contribution < -0.4 is 4.74 Å². The van der Waals surface area contributed by atoms with Crippen LogP contribution in [0.4, 0.5) is 0 Å². The third kappa shape index (κ3) is 7.06. The monoisotopic (exact) mass is 623 g/mol. The Hall–Kier alpha value is -2.88. The van der Waals surface area contributed by atoms with E-state index in [1.54, 1.807) is 50.2 Å². The van der Waals surface area contributed by atoms with E-state index in [4.69, 9.17) is 25.9 Å². The zero-order valence-corrected chi connectivity index (χ0v) is 22.6. The molecule has 0 saturated heterocycles. The lowest BCUT2D eigenvalue weighted by Crippen LogP contribution is -2.21. The largest absolute Gasteiger partial charge is 0.507 e. The van der Waals surface area contributed by atoms with Crippen LogP contribution in [-0.2, 0) is 14.4 Å². The minimum absolute atomic E-state index is 0.0774. The van der Waals surface area contributed by atoms with Gasteiger partial charge in [-0.1, -0.05) is 28.9 Å². The Kier molecular flexibility index (Phi) is 9.31. The van der Waals surface area contributed by atoms with Crippen LogP contribution in [0.15, 0.2) is 68.7 Å². The summed E-state index contributed by atoms with van der Waals surface area (Å²) in [6, 6.07) is 14.3. The standard InChI is InChI=1S/C25H20Br2ClNO6/c1-3-33-25(32)14(2)35-29-13-15-9-20(26)24(21(27)10-15)34-18-7-8-22(30)19(12-18)23(31)16-5-4-6-17(28)11-16/h4-14,30H,3H2,1-2H3/b29-13+. The normalized spacial score (nSPS) is 11.8. The second-order valence-electron chi connectivity index (χ2n) is 7.17. The second-order valence-corrected chi connectivity index (χ2v) is 9.31. The van der Waals surface area contributed by atoms with Crippen molar-refractivity contribution in [3.8, 4) is 17.2 Å². The van der Waals surface area contributed by atoms with Gasteiger partial charge in [-0.2, -0.15) is 0 Å². The lowest BCUT2D eigenvalue weighted by molar-refractivity contribution is -0.155. The molecule has 0 aliphatic heterocycles. The molecule has 0 spiro atoms. The molecule has 182 valence electrons. The van der Waals surface area contributed by atoms with Gasteiger partial charge in [-0.3, -0.25) is 4.79 Å². The van der Waals surface area contributed by atoms with Crippen molar-refractivity contribution in [3.63, 3.8) is 0 Å². The van der Waals surface area contributed by atoms with Crippen molar-refractivity contribution in [1.29, 1.82) is 0 Å². The lowest BCUT2D eigenvalue weighted by Gasteiger charge is -2.13. The third-order valence-corrected chi connectivity index (χ3v) is 5.99. The van der Waals surface area contributed by atoms with Crippen molar-refractivity contribution in [3.05, 3.63) is 85.3 Å². The highest BCUT2D eigenvalue weighted by molar-refractivity contribution is 9.11. The Morgan fingerprint density at radius 1 is 1.11 bits per heavy atom. The molecule has 7 nitrogen and oxygen atoms in total. The van der Waals surface area contributed by atoms with Gasteiger partial charge in [0.15, 0.2) is 11.5 Å². The fraction of sp³-hybridized carbons (Fsp3) is 0.160. The van der Waals surface area contributed by atoms with Gasteiger partial charge >= 0.3 is 5.97 Å². The summed E-state index contributed by atoms with van der Waals surface area (Å²) in [6.07, 6.45) is 0.608. The van der Waals surface area contributed by atoms with Crippen molar-refractivity contribution >= 4 is 61.4 Å². The molecule has 0 bridgehead atoms. The van der Waals surface area contributed by atoms with Crippen LogP contribution in [0.25, 0.3) is 0 Å². The van der Waals surface area contributed by atoms with E-state index in [2.05, 4.69) is 37.0 Å². The first-order valence-electron chi connectivity index (χ1n) is 10.4. The highest BCUT2D eigenvalue weighted by Crippen LogP contribution is 2.38. The molecule has 3 aromatic carbocycles.